The smallest absolute Gasteiger partial charge is 0.324 e. The molecule has 0 aliphatic rings. The fourth-order valence-electron chi connectivity index (χ4n) is 1.03. The number of thiophene rings is 1. The number of hydrogen-bond acceptors (Lipinski definition) is 5. The Morgan fingerprint density at radius 3 is 2.76 bits per heavy atom. The molecule has 94 valence electrons. The Hall–Kier alpha value is -1.47. The van der Waals surface area contributed by atoms with Gasteiger partial charge in [-0.2, -0.15) is 0 Å². The van der Waals surface area contributed by atoms with Crippen molar-refractivity contribution in [3.05, 3.63) is 27.1 Å². The summed E-state index contributed by atoms with van der Waals surface area (Å²) in [5, 5.41) is 22.6. The normalized spacial score (nSPS) is 14.1. The number of amides is 1. The van der Waals surface area contributed by atoms with Crippen LogP contribution in [0.5, 0.6) is 0 Å². The Morgan fingerprint density at radius 2 is 2.29 bits per heavy atom. The van der Waals surface area contributed by atoms with Gasteiger partial charge in [-0.25, -0.2) is 0 Å². The van der Waals surface area contributed by atoms with E-state index in [4.69, 9.17) is 0 Å². The third kappa shape index (κ3) is 3.79. The zero-order valence-corrected chi connectivity index (χ0v) is 10.4. The first kappa shape index (κ1) is 13.6. The quantitative estimate of drug-likeness (QED) is 0.619. The van der Waals surface area contributed by atoms with Gasteiger partial charge in [-0.1, -0.05) is 18.3 Å². The molecular formula is C10H14N2O4S. The van der Waals surface area contributed by atoms with Crippen LogP contribution in [0.2, 0.25) is 0 Å². The van der Waals surface area contributed by atoms with Crippen LogP contribution in [0.25, 0.3) is 0 Å². The molecule has 0 radical (unpaired) electrons. The van der Waals surface area contributed by atoms with Crippen LogP contribution in [0.15, 0.2) is 12.1 Å². The van der Waals surface area contributed by atoms with Gasteiger partial charge < -0.3 is 10.4 Å². The fraction of sp³-hybridized carbons (Fsp3) is 0.500. The predicted octanol–water partition coefficient (Wildman–Crippen LogP) is 1.55. The lowest BCUT2D eigenvalue weighted by atomic mass is 10.0. The van der Waals surface area contributed by atoms with E-state index in [0.29, 0.717) is 6.42 Å². The van der Waals surface area contributed by atoms with Gasteiger partial charge in [-0.15, -0.1) is 0 Å². The molecule has 0 bridgehead atoms. The van der Waals surface area contributed by atoms with Gasteiger partial charge >= 0.3 is 5.00 Å². The molecule has 1 amide bonds. The van der Waals surface area contributed by atoms with Crippen LogP contribution in [0.4, 0.5) is 5.00 Å². The highest BCUT2D eigenvalue weighted by atomic mass is 32.1. The fourth-order valence-corrected chi connectivity index (χ4v) is 1.77. The largest absolute Gasteiger partial charge is 0.388 e. The maximum atomic E-state index is 11.6. The highest BCUT2D eigenvalue weighted by Crippen LogP contribution is 2.23. The van der Waals surface area contributed by atoms with E-state index in [0.717, 1.165) is 11.3 Å². The SMILES string of the molecule is CCC(C)(O)CNC(=O)c1ccc([N+](=O)[O-])s1. The number of carbonyl (C=O) groups is 1. The van der Waals surface area contributed by atoms with Crippen LogP contribution in [-0.2, 0) is 0 Å². The molecule has 0 spiro atoms. The minimum absolute atomic E-state index is 0.0719. The van der Waals surface area contributed by atoms with Crippen molar-refractivity contribution in [2.45, 2.75) is 25.9 Å². The van der Waals surface area contributed by atoms with Crippen LogP contribution in [0.1, 0.15) is 29.9 Å². The van der Waals surface area contributed by atoms with Crippen molar-refractivity contribution >= 4 is 22.2 Å². The van der Waals surface area contributed by atoms with Gasteiger partial charge in [-0.3, -0.25) is 14.9 Å². The minimum atomic E-state index is -0.959. The molecule has 7 heteroatoms. The van der Waals surface area contributed by atoms with Crippen LogP contribution in [0.3, 0.4) is 0 Å². The second-order valence-electron chi connectivity index (χ2n) is 3.93. The maximum Gasteiger partial charge on any atom is 0.324 e. The third-order valence-electron chi connectivity index (χ3n) is 2.39. The molecule has 1 atom stereocenters. The number of nitrogens with one attached hydrogen (secondary N) is 1. The maximum absolute atomic E-state index is 11.6. The van der Waals surface area contributed by atoms with E-state index in [9.17, 15) is 20.0 Å². The molecule has 0 aliphatic carbocycles. The van der Waals surface area contributed by atoms with E-state index >= 15 is 0 Å². The van der Waals surface area contributed by atoms with Crippen molar-refractivity contribution in [3.63, 3.8) is 0 Å². The second kappa shape index (κ2) is 5.24. The average molecular weight is 258 g/mol. The Labute approximate surface area is 102 Å². The molecule has 1 rings (SSSR count). The average Bonchev–Trinajstić information content (AvgIpc) is 2.75. The van der Waals surface area contributed by atoms with E-state index in [1.807, 2.05) is 6.92 Å². The summed E-state index contributed by atoms with van der Waals surface area (Å²) in [6.07, 6.45) is 0.512. The number of nitrogens with zero attached hydrogens (tertiary/aromatic N) is 1. The Bertz CT molecular complexity index is 428. The van der Waals surface area contributed by atoms with Crippen LogP contribution >= 0.6 is 11.3 Å². The standard InChI is InChI=1S/C10H14N2O4S/c1-3-10(2,14)6-11-9(13)7-4-5-8(17-7)12(15)16/h4-5,14H,3,6H2,1-2H3,(H,11,13). The molecule has 1 aromatic rings. The monoisotopic (exact) mass is 258 g/mol. The number of carbonyl (C=O) groups excluding carboxylic acids is 1. The van der Waals surface area contributed by atoms with Gasteiger partial charge in [-0.05, 0) is 19.4 Å². The number of aliphatic hydroxyl groups is 1. The van der Waals surface area contributed by atoms with Crippen LogP contribution in [0, 0.1) is 10.1 Å². The number of nitro groups is 1. The lowest BCUT2D eigenvalue weighted by Crippen LogP contribution is -2.39. The van der Waals surface area contributed by atoms with E-state index in [1.54, 1.807) is 6.92 Å². The molecule has 6 nitrogen and oxygen atoms in total. The number of hydrogen-bond donors (Lipinski definition) is 2. The van der Waals surface area contributed by atoms with Gasteiger partial charge in [0.2, 0.25) is 0 Å². The predicted molar refractivity (Wildman–Crippen MR) is 64.2 cm³/mol. The number of rotatable bonds is 5. The summed E-state index contributed by atoms with van der Waals surface area (Å²) in [7, 11) is 0. The van der Waals surface area contributed by atoms with E-state index in [2.05, 4.69) is 5.32 Å². The first-order chi connectivity index (χ1) is 7.85. The molecule has 1 heterocycles. The summed E-state index contributed by atoms with van der Waals surface area (Å²) < 4.78 is 0. The van der Waals surface area contributed by atoms with Gasteiger partial charge in [0.25, 0.3) is 5.91 Å². The molecule has 0 fully saturated rings. The molecule has 1 aromatic heterocycles. The summed E-state index contributed by atoms with van der Waals surface area (Å²) in [6.45, 7) is 3.54. The van der Waals surface area contributed by atoms with Crippen molar-refractivity contribution in [1.82, 2.24) is 5.32 Å². The zero-order valence-electron chi connectivity index (χ0n) is 9.60. The summed E-state index contributed by atoms with van der Waals surface area (Å²) in [5.74, 6) is -0.406. The highest BCUT2D eigenvalue weighted by molar-refractivity contribution is 7.17. The topological polar surface area (TPSA) is 92.5 Å². The van der Waals surface area contributed by atoms with Crippen molar-refractivity contribution in [1.29, 1.82) is 0 Å². The molecular weight excluding hydrogens is 244 g/mol. The Morgan fingerprint density at radius 1 is 1.65 bits per heavy atom. The van der Waals surface area contributed by atoms with E-state index in [-0.39, 0.29) is 16.4 Å². The summed E-state index contributed by atoms with van der Waals surface area (Å²) >= 11 is 0.815. The highest BCUT2D eigenvalue weighted by Gasteiger charge is 2.20. The first-order valence-corrected chi connectivity index (χ1v) is 5.92. The van der Waals surface area contributed by atoms with Crippen LogP contribution in [-0.4, -0.2) is 28.1 Å². The Kier molecular flexibility index (Phi) is 4.19. The lowest BCUT2D eigenvalue weighted by Gasteiger charge is -2.21. The second-order valence-corrected chi connectivity index (χ2v) is 4.99. The summed E-state index contributed by atoms with van der Waals surface area (Å²) in [6, 6.07) is 2.69. The summed E-state index contributed by atoms with van der Waals surface area (Å²) in [5.41, 5.74) is -0.959. The third-order valence-corrected chi connectivity index (χ3v) is 3.42. The van der Waals surface area contributed by atoms with Crippen molar-refractivity contribution in [2.75, 3.05) is 6.54 Å². The molecule has 1 unspecified atom stereocenters. The van der Waals surface area contributed by atoms with Crippen molar-refractivity contribution < 1.29 is 14.8 Å². The molecule has 0 aromatic carbocycles. The van der Waals surface area contributed by atoms with Crippen molar-refractivity contribution in [2.24, 2.45) is 0 Å². The van der Waals surface area contributed by atoms with E-state index in [1.165, 1.54) is 12.1 Å². The van der Waals surface area contributed by atoms with Gasteiger partial charge in [0, 0.05) is 12.6 Å². The Balaban J connectivity index is 2.61. The molecule has 0 saturated heterocycles. The van der Waals surface area contributed by atoms with Gasteiger partial charge in [0.05, 0.1) is 15.4 Å². The van der Waals surface area contributed by atoms with Gasteiger partial charge in [0.15, 0.2) is 0 Å². The summed E-state index contributed by atoms with van der Waals surface area (Å²) in [4.78, 5) is 21.8. The van der Waals surface area contributed by atoms with E-state index < -0.39 is 16.4 Å². The molecule has 0 aliphatic heterocycles. The molecule has 2 N–H and O–H groups in total. The van der Waals surface area contributed by atoms with Crippen molar-refractivity contribution in [3.8, 4) is 0 Å². The van der Waals surface area contributed by atoms with Crippen LogP contribution < -0.4 is 5.32 Å². The molecule has 0 saturated carbocycles. The van der Waals surface area contributed by atoms with Gasteiger partial charge in [0.1, 0.15) is 0 Å². The minimum Gasteiger partial charge on any atom is -0.388 e. The lowest BCUT2D eigenvalue weighted by molar-refractivity contribution is -0.380. The zero-order chi connectivity index (χ0) is 13.1. The molecule has 17 heavy (non-hydrogen) atoms. The first-order valence-electron chi connectivity index (χ1n) is 5.10.